The molecule has 0 N–H and O–H groups in total. The van der Waals surface area contributed by atoms with E-state index in [1.165, 1.54) is 0 Å². The van der Waals surface area contributed by atoms with E-state index in [2.05, 4.69) is 0 Å². The smallest absolute Gasteiger partial charge is 0.131 e. The molecule has 0 saturated carbocycles. The second kappa shape index (κ2) is 3.98. The van der Waals surface area contributed by atoms with E-state index >= 15 is 0 Å². The van der Waals surface area contributed by atoms with Gasteiger partial charge in [0.15, 0.2) is 0 Å². The molecule has 1 unspecified atom stereocenters. The van der Waals surface area contributed by atoms with E-state index in [1.54, 1.807) is 0 Å². The maximum absolute atomic E-state index is 7.82. The predicted octanol–water partition coefficient (Wildman–Crippen LogP) is -0.263. The van der Waals surface area contributed by atoms with Crippen LogP contribution in [0.1, 0.15) is 0 Å². The molecule has 0 aromatic carbocycles. The Hall–Kier alpha value is -0.0151. The van der Waals surface area contributed by atoms with Gasteiger partial charge >= 0.3 is 0 Å². The molecule has 0 aromatic heterocycles. The third kappa shape index (κ3) is 3.98. The van der Waals surface area contributed by atoms with Crippen molar-refractivity contribution in [1.82, 2.24) is 0 Å². The van der Waals surface area contributed by atoms with Crippen LogP contribution >= 0.6 is 8.46 Å². The Morgan fingerprint density at radius 3 is 2.60 bits per heavy atom. The molecule has 0 bridgehead atoms. The van der Waals surface area contributed by atoms with Crippen molar-refractivity contribution in [1.29, 1.82) is 5.26 Å². The molecule has 0 rings (SSSR count). The molecule has 26 valence electrons. The minimum atomic E-state index is 0.722. The molecule has 0 aliphatic carbocycles. The Balaban J connectivity index is 2.48. The van der Waals surface area contributed by atoms with Gasteiger partial charge in [0, 0.05) is 6.16 Å². The molecule has 1 nitrogen and oxygen atoms in total. The molecule has 0 aliphatic heterocycles. The van der Waals surface area contributed by atoms with E-state index in [0.29, 0.717) is 0 Å². The van der Waals surface area contributed by atoms with Gasteiger partial charge in [-0.15, -0.1) is 8.46 Å². The van der Waals surface area contributed by atoms with Crippen molar-refractivity contribution in [2.45, 2.75) is 0 Å². The third-order valence-corrected chi connectivity index (χ3v) is 0.768. The van der Waals surface area contributed by atoms with Crippen molar-refractivity contribution < 1.29 is 0 Å². The summed E-state index contributed by atoms with van der Waals surface area (Å²) in [5, 5.41) is 7.82. The second-order valence-electron chi connectivity index (χ2n) is 0.688. The molecular weight excluding hydrogens is 79.8 g/mol. The highest BCUT2D eigenvalue weighted by molar-refractivity contribution is 7.66. The van der Waals surface area contributed by atoms with Crippen LogP contribution in [0.15, 0.2) is 0 Å². The monoisotopic (exact) mass is 85.0 g/mol. The van der Waals surface area contributed by atoms with Crippen molar-refractivity contribution in [3.8, 4) is 6.07 Å². The standard InChI is InChI=1S/C2H5BNP/c3-5-2-1-4/h5H,2-3H2. The fourth-order valence-corrected chi connectivity index (χ4v) is 0.237. The van der Waals surface area contributed by atoms with Crippen LogP contribution in [0.25, 0.3) is 0 Å². The summed E-state index contributed by atoms with van der Waals surface area (Å²) in [5.41, 5.74) is 0. The first-order chi connectivity index (χ1) is 2.41. The van der Waals surface area contributed by atoms with Crippen molar-refractivity contribution in [3.63, 3.8) is 0 Å². The van der Waals surface area contributed by atoms with Crippen molar-refractivity contribution in [3.05, 3.63) is 0 Å². The summed E-state index contributed by atoms with van der Waals surface area (Å²) in [5.74, 6) is 0. The zero-order valence-corrected chi connectivity index (χ0v) is 4.15. The lowest BCUT2D eigenvalue weighted by molar-refractivity contribution is 1.50. The molecule has 0 radical (unpaired) electrons. The summed E-state index contributed by atoms with van der Waals surface area (Å²) in [6.07, 6.45) is 0.722. The van der Waals surface area contributed by atoms with E-state index in [9.17, 15) is 0 Å². The van der Waals surface area contributed by atoms with Crippen molar-refractivity contribution >= 4 is 16.0 Å². The first-order valence-corrected chi connectivity index (χ1v) is 3.14. The topological polar surface area (TPSA) is 23.8 Å². The van der Waals surface area contributed by atoms with Crippen LogP contribution in [0.2, 0.25) is 0 Å². The number of hydrogen-bond donors (Lipinski definition) is 0. The molecule has 5 heavy (non-hydrogen) atoms. The van der Waals surface area contributed by atoms with E-state index in [4.69, 9.17) is 5.26 Å². The van der Waals surface area contributed by atoms with Gasteiger partial charge < -0.3 is 0 Å². The summed E-state index contributed by atoms with van der Waals surface area (Å²) in [7, 11) is 2.81. The highest BCUT2D eigenvalue weighted by atomic mass is 31.1. The Kier molecular flexibility index (Phi) is 3.97. The Bertz CT molecular complexity index is 48.1. The van der Waals surface area contributed by atoms with Crippen molar-refractivity contribution in [2.24, 2.45) is 0 Å². The van der Waals surface area contributed by atoms with Crippen LogP contribution in [0, 0.1) is 11.3 Å². The quantitative estimate of drug-likeness (QED) is 0.317. The summed E-state index contributed by atoms with van der Waals surface area (Å²) >= 11 is 0. The second-order valence-corrected chi connectivity index (χ2v) is 1.75. The fourth-order valence-electron chi connectivity index (χ4n) is 0.0791. The zero-order chi connectivity index (χ0) is 4.12. The van der Waals surface area contributed by atoms with Crippen molar-refractivity contribution in [2.75, 3.05) is 6.16 Å². The number of nitriles is 1. The van der Waals surface area contributed by atoms with E-state index in [-0.39, 0.29) is 0 Å². The highest BCUT2D eigenvalue weighted by Crippen LogP contribution is 1.93. The van der Waals surface area contributed by atoms with Gasteiger partial charge in [0.1, 0.15) is 7.57 Å². The van der Waals surface area contributed by atoms with Gasteiger partial charge in [-0.1, -0.05) is 0 Å². The molecule has 0 aliphatic rings. The Morgan fingerprint density at radius 1 is 2.00 bits per heavy atom. The van der Waals surface area contributed by atoms with Gasteiger partial charge in [0.05, 0.1) is 6.07 Å². The number of nitrogens with zero attached hydrogens (tertiary/aromatic N) is 1. The minimum absolute atomic E-state index is 0.722. The lowest BCUT2D eigenvalue weighted by Crippen LogP contribution is -1.57. The summed E-state index contributed by atoms with van der Waals surface area (Å²) in [4.78, 5) is 0. The molecule has 0 amide bonds. The average Bonchev–Trinajstić information content (AvgIpc) is 1.41. The van der Waals surface area contributed by atoms with E-state index < -0.39 is 0 Å². The average molecular weight is 84.9 g/mol. The third-order valence-electron chi connectivity index (χ3n) is 0.256. The lowest BCUT2D eigenvalue weighted by atomic mass is 10.8. The predicted molar refractivity (Wildman–Crippen MR) is 27.3 cm³/mol. The lowest BCUT2D eigenvalue weighted by Gasteiger charge is -1.66. The first-order valence-electron chi connectivity index (χ1n) is 1.43. The van der Waals surface area contributed by atoms with Gasteiger partial charge in [0.25, 0.3) is 0 Å². The molecular formula is C2H5BNP. The number of rotatable bonds is 1. The first kappa shape index (κ1) is 4.98. The fraction of sp³-hybridized carbons (Fsp3) is 0.500. The molecule has 0 heterocycles. The summed E-state index contributed by atoms with van der Waals surface area (Å²) in [6.45, 7) is 0. The van der Waals surface area contributed by atoms with Gasteiger partial charge in [-0.2, -0.15) is 5.26 Å². The van der Waals surface area contributed by atoms with Gasteiger partial charge in [-0.05, 0) is 0 Å². The zero-order valence-electron chi connectivity index (χ0n) is 3.15. The van der Waals surface area contributed by atoms with Crippen LogP contribution in [0.4, 0.5) is 0 Å². The van der Waals surface area contributed by atoms with E-state index in [0.717, 1.165) is 14.6 Å². The Morgan fingerprint density at radius 2 is 2.60 bits per heavy atom. The molecule has 0 fully saturated rings. The molecule has 0 aromatic rings. The Labute approximate surface area is 34.5 Å². The normalized spacial score (nSPS) is 8.60. The summed E-state index contributed by atoms with van der Waals surface area (Å²) in [6, 6.07) is 2.03. The maximum Gasteiger partial charge on any atom is 0.131 e. The number of hydrogen-bond acceptors (Lipinski definition) is 1. The van der Waals surface area contributed by atoms with Gasteiger partial charge in [0.2, 0.25) is 0 Å². The summed E-state index contributed by atoms with van der Waals surface area (Å²) < 4.78 is 0. The van der Waals surface area contributed by atoms with Crippen LogP contribution in [-0.2, 0) is 0 Å². The molecule has 0 saturated heterocycles. The van der Waals surface area contributed by atoms with Gasteiger partial charge in [-0.3, -0.25) is 0 Å². The van der Waals surface area contributed by atoms with Gasteiger partial charge in [-0.25, -0.2) is 0 Å². The SMILES string of the molecule is BPCC#N. The minimum Gasteiger partial charge on any atom is -0.198 e. The molecule has 1 atom stereocenters. The molecule has 3 heteroatoms. The van der Waals surface area contributed by atoms with E-state index in [1.807, 2.05) is 13.6 Å². The highest BCUT2D eigenvalue weighted by Gasteiger charge is 1.65. The van der Waals surface area contributed by atoms with Crippen LogP contribution in [0.5, 0.6) is 0 Å². The largest absolute Gasteiger partial charge is 0.198 e. The van der Waals surface area contributed by atoms with Crippen LogP contribution in [-0.4, -0.2) is 13.7 Å². The van der Waals surface area contributed by atoms with Crippen LogP contribution in [0.3, 0.4) is 0 Å². The maximum atomic E-state index is 7.82. The molecule has 0 spiro atoms. The van der Waals surface area contributed by atoms with Crippen LogP contribution < -0.4 is 0 Å².